The molecule has 0 aromatic heterocycles. The van der Waals surface area contributed by atoms with Crippen molar-refractivity contribution < 1.29 is 68.7 Å². The minimum absolute atomic E-state index is 0.00806. The van der Waals surface area contributed by atoms with Gasteiger partial charge in [0.2, 0.25) is 0 Å². The quantitative estimate of drug-likeness (QED) is 0.126. The van der Waals surface area contributed by atoms with Gasteiger partial charge in [0.25, 0.3) is 0 Å². The van der Waals surface area contributed by atoms with E-state index in [2.05, 4.69) is 16.3 Å². The van der Waals surface area contributed by atoms with Crippen LogP contribution in [0.25, 0.3) is 5.57 Å². The van der Waals surface area contributed by atoms with E-state index in [4.69, 9.17) is 30.4 Å². The molecule has 2 aromatic carbocycles. The van der Waals surface area contributed by atoms with E-state index in [1.54, 1.807) is 35.5 Å². The predicted octanol–water partition coefficient (Wildman–Crippen LogP) is 11.7. The molecule has 0 aliphatic carbocycles. The van der Waals surface area contributed by atoms with Crippen molar-refractivity contribution in [2.45, 2.75) is 169 Å². The molecule has 0 radical (unpaired) electrons. The lowest BCUT2D eigenvalue weighted by Gasteiger charge is -2.33. The highest BCUT2D eigenvalue weighted by Gasteiger charge is 2.49. The van der Waals surface area contributed by atoms with Crippen LogP contribution in [0.2, 0.25) is 0 Å². The normalized spacial score (nSPS) is 16.6. The Balaban J connectivity index is 0.000000350. The SMILES string of the molecule is CC.CC(C)(C)OC(=O)N1CC=C(OS(=O)(=O)C(F)(F)F)CC1.CC(C)(C)OC(=O)N1CC=C(c2cccc(N)c2)CC1.CC(C)(C)OC(=O)N1CCC(=O)CC1.CC(C)(C)OC(=O)N1CCC(c2cccc(N)c2)CC1. The lowest BCUT2D eigenvalue weighted by Crippen LogP contribution is -2.41. The first-order valence-corrected chi connectivity index (χ1v) is 27.3. The van der Waals surface area contributed by atoms with Gasteiger partial charge >= 0.3 is 40.0 Å². The molecule has 22 heteroatoms. The first kappa shape index (κ1) is 66.9. The van der Waals surface area contributed by atoms with Crippen LogP contribution in [0.5, 0.6) is 0 Å². The van der Waals surface area contributed by atoms with Gasteiger partial charge in [-0.3, -0.25) is 4.79 Å². The van der Waals surface area contributed by atoms with Crippen molar-refractivity contribution in [2.75, 3.05) is 63.8 Å². The van der Waals surface area contributed by atoms with Crippen molar-refractivity contribution >= 4 is 57.2 Å². The summed E-state index contributed by atoms with van der Waals surface area (Å²) in [4.78, 5) is 64.5. The number of ketones is 1. The average molecular weight is 1110 g/mol. The summed E-state index contributed by atoms with van der Waals surface area (Å²) in [6, 6.07) is 15.9. The van der Waals surface area contributed by atoms with Crippen molar-refractivity contribution in [3.63, 3.8) is 0 Å². The summed E-state index contributed by atoms with van der Waals surface area (Å²) in [5.74, 6) is 0.370. The highest BCUT2D eigenvalue weighted by atomic mass is 32.2. The Morgan fingerprint density at radius 3 is 1.31 bits per heavy atom. The van der Waals surface area contributed by atoms with E-state index < -0.39 is 44.1 Å². The molecule has 18 nitrogen and oxygen atoms in total. The number of nitrogen functional groups attached to an aromatic ring is 2. The smallest absolute Gasteiger partial charge is 0.444 e. The molecule has 0 spiro atoms. The number of nitrogens with zero attached hydrogens (tertiary/aromatic N) is 4. The van der Waals surface area contributed by atoms with Crippen LogP contribution >= 0.6 is 0 Å². The van der Waals surface area contributed by atoms with Crippen LogP contribution < -0.4 is 11.5 Å². The summed E-state index contributed by atoms with van der Waals surface area (Å²) in [6.45, 7) is 29.5. The van der Waals surface area contributed by atoms with E-state index >= 15 is 0 Å². The van der Waals surface area contributed by atoms with Gasteiger partial charge < -0.3 is 54.2 Å². The summed E-state index contributed by atoms with van der Waals surface area (Å²) in [5.41, 5.74) is 9.32. The molecule has 0 atom stereocenters. The highest BCUT2D eigenvalue weighted by Crippen LogP contribution is 2.31. The lowest BCUT2D eigenvalue weighted by molar-refractivity contribution is -0.121. The summed E-state index contributed by atoms with van der Waals surface area (Å²) in [7, 11) is -5.67. The zero-order valence-corrected chi connectivity index (χ0v) is 48.5. The topological polar surface area (TPSA) is 231 Å². The predicted molar refractivity (Wildman–Crippen MR) is 292 cm³/mol. The third kappa shape index (κ3) is 25.7. The van der Waals surface area contributed by atoms with Gasteiger partial charge in [0.15, 0.2) is 0 Å². The molecule has 0 unspecified atom stereocenters. The van der Waals surface area contributed by atoms with Crippen LogP contribution in [0.1, 0.15) is 153 Å². The summed E-state index contributed by atoms with van der Waals surface area (Å²) in [5, 5.41) is 0. The monoisotopic (exact) mass is 1110 g/mol. The van der Waals surface area contributed by atoms with Crippen LogP contribution in [0.15, 0.2) is 66.4 Å². The molecule has 77 heavy (non-hydrogen) atoms. The van der Waals surface area contributed by atoms with E-state index in [1.165, 1.54) is 16.0 Å². The number of Topliss-reactive ketones (excluding diaryl/α,β-unsaturated/α-hetero) is 1. The van der Waals surface area contributed by atoms with Gasteiger partial charge in [0.05, 0.1) is 0 Å². The van der Waals surface area contributed by atoms with Gasteiger partial charge in [0, 0.05) is 83.0 Å². The Kier molecular flexibility index (Phi) is 25.2. The van der Waals surface area contributed by atoms with Crippen molar-refractivity contribution in [1.29, 1.82) is 0 Å². The Labute approximate surface area is 454 Å². The van der Waals surface area contributed by atoms with E-state index in [1.807, 2.05) is 119 Å². The molecule has 4 aliphatic rings. The molecule has 4 N–H and O–H groups in total. The Morgan fingerprint density at radius 1 is 0.545 bits per heavy atom. The second-order valence-electron chi connectivity index (χ2n) is 22.3. The molecule has 2 fully saturated rings. The molecular formula is C55H85F3N6O12S. The van der Waals surface area contributed by atoms with Gasteiger partial charge in [-0.2, -0.15) is 21.6 Å². The average Bonchev–Trinajstić information content (AvgIpc) is 3.31. The van der Waals surface area contributed by atoms with E-state index in [-0.39, 0.29) is 49.3 Å². The number of hydrogen-bond donors (Lipinski definition) is 2. The number of ether oxygens (including phenoxy) is 4. The van der Waals surface area contributed by atoms with E-state index in [0.29, 0.717) is 44.9 Å². The van der Waals surface area contributed by atoms with E-state index in [9.17, 15) is 45.6 Å². The van der Waals surface area contributed by atoms with Crippen LogP contribution in [0.3, 0.4) is 0 Å². The number of benzene rings is 2. The van der Waals surface area contributed by atoms with Crippen molar-refractivity contribution in [2.24, 2.45) is 0 Å². The number of carbonyl (C=O) groups is 5. The summed E-state index contributed by atoms with van der Waals surface area (Å²) < 4.78 is 83.2. The zero-order chi connectivity index (χ0) is 58.7. The number of nitrogens with two attached hydrogens (primary N) is 2. The first-order chi connectivity index (χ1) is 35.4. The Bertz CT molecular complexity index is 2440. The molecule has 2 aromatic rings. The van der Waals surface area contributed by atoms with Gasteiger partial charge in [-0.05, 0) is 155 Å². The Hall–Kier alpha value is -6.19. The molecule has 4 heterocycles. The van der Waals surface area contributed by atoms with Gasteiger partial charge in [-0.25, -0.2) is 19.2 Å². The maximum absolute atomic E-state index is 12.2. The maximum Gasteiger partial charge on any atom is 0.534 e. The third-order valence-corrected chi connectivity index (χ3v) is 11.9. The molecule has 4 aliphatic heterocycles. The molecule has 6 rings (SSSR count). The van der Waals surface area contributed by atoms with Gasteiger partial charge in [0.1, 0.15) is 33.9 Å². The number of anilines is 2. The number of halogens is 3. The van der Waals surface area contributed by atoms with Crippen LogP contribution in [-0.4, -0.2) is 138 Å². The van der Waals surface area contributed by atoms with Gasteiger partial charge in [-0.1, -0.05) is 44.2 Å². The number of amides is 4. The summed E-state index contributed by atoms with van der Waals surface area (Å²) in [6.07, 6.45) is 5.30. The number of likely N-dealkylation sites (tertiary alicyclic amines) is 2. The fourth-order valence-electron chi connectivity index (χ4n) is 7.37. The number of alkyl halides is 3. The summed E-state index contributed by atoms with van der Waals surface area (Å²) >= 11 is 0. The number of hydrogen-bond acceptors (Lipinski definition) is 14. The van der Waals surface area contributed by atoms with Crippen LogP contribution in [0.4, 0.5) is 43.7 Å². The molecular weight excluding hydrogens is 1030 g/mol. The number of carbonyl (C=O) groups excluding carboxylic acids is 5. The Morgan fingerprint density at radius 2 is 0.935 bits per heavy atom. The molecule has 0 saturated carbocycles. The first-order valence-electron chi connectivity index (χ1n) is 25.9. The molecule has 434 valence electrons. The second kappa shape index (κ2) is 29.0. The minimum atomic E-state index is -5.67. The largest absolute Gasteiger partial charge is 0.534 e. The van der Waals surface area contributed by atoms with Crippen LogP contribution in [0, 0.1) is 0 Å². The van der Waals surface area contributed by atoms with Crippen molar-refractivity contribution in [3.8, 4) is 0 Å². The maximum atomic E-state index is 12.2. The number of rotatable bonds is 4. The van der Waals surface area contributed by atoms with E-state index in [0.717, 1.165) is 55.4 Å². The fraction of sp³-hybridized carbons (Fsp3) is 0.618. The number of piperidine rings is 2. The minimum Gasteiger partial charge on any atom is -0.444 e. The van der Waals surface area contributed by atoms with Crippen LogP contribution in [-0.2, 0) is 38.0 Å². The molecule has 4 amide bonds. The standard InChI is InChI=1S/C16H24N2O2.C16H22N2O2.C11H16F3NO5S.C10H17NO3.C2H6/c2*1-16(2,3)20-15(19)18-9-7-12(8-10-18)13-5-4-6-14(17)11-13;1-10(2,3)19-9(16)15-6-4-8(5-7-15)20-21(17,18)11(12,13)14;1-10(2,3)14-9(13)11-6-4-8(12)5-7-11;1-2/h4-6,11-12H,7-10,17H2,1-3H3;4-7,11H,8-10,17H2,1-3H3;4H,5-7H2,1-3H3;4-7H2,1-3H3;1-2H3. The van der Waals surface area contributed by atoms with Crippen molar-refractivity contribution in [3.05, 3.63) is 77.6 Å². The second-order valence-corrected chi connectivity index (χ2v) is 23.8. The fourth-order valence-corrected chi connectivity index (χ4v) is 7.90. The van der Waals surface area contributed by atoms with Gasteiger partial charge in [-0.15, -0.1) is 0 Å². The zero-order valence-electron chi connectivity index (χ0n) is 47.6. The lowest BCUT2D eigenvalue weighted by atomic mass is 9.89. The highest BCUT2D eigenvalue weighted by molar-refractivity contribution is 7.87. The third-order valence-electron chi connectivity index (χ3n) is 10.9. The molecule has 0 bridgehead atoms. The van der Waals surface area contributed by atoms with Crippen molar-refractivity contribution in [1.82, 2.24) is 19.6 Å². The molecule has 2 saturated heterocycles.